The topological polar surface area (TPSA) is 52.6 Å². The van der Waals surface area contributed by atoms with Gasteiger partial charge < -0.3 is 15.3 Å². The Bertz CT molecular complexity index is 191. The summed E-state index contributed by atoms with van der Waals surface area (Å²) in [5, 5.41) is 11.9. The zero-order chi connectivity index (χ0) is 10.6. The van der Waals surface area contributed by atoms with Gasteiger partial charge in [0.05, 0.1) is 13.2 Å². The molecule has 1 rings (SSSR count). The van der Waals surface area contributed by atoms with Crippen LogP contribution in [0.2, 0.25) is 0 Å². The Morgan fingerprint density at radius 1 is 1.57 bits per heavy atom. The zero-order valence-electron chi connectivity index (χ0n) is 8.99. The summed E-state index contributed by atoms with van der Waals surface area (Å²) >= 11 is 0. The molecule has 82 valence electrons. The van der Waals surface area contributed by atoms with E-state index in [-0.39, 0.29) is 12.5 Å². The molecular weight excluding hydrogens is 180 g/mol. The minimum absolute atomic E-state index is 0.0594. The molecule has 0 spiro atoms. The van der Waals surface area contributed by atoms with Crippen LogP contribution in [-0.4, -0.2) is 47.7 Å². The predicted octanol–water partition coefficient (Wildman–Crippen LogP) is -0.0323. The van der Waals surface area contributed by atoms with Crippen molar-refractivity contribution in [2.45, 2.75) is 38.8 Å². The second kappa shape index (κ2) is 5.32. The van der Waals surface area contributed by atoms with Crippen LogP contribution < -0.4 is 5.32 Å². The average Bonchev–Trinajstić information content (AvgIpc) is 2.93. The molecule has 2 N–H and O–H groups in total. The molecule has 0 heterocycles. The van der Waals surface area contributed by atoms with Gasteiger partial charge in [-0.15, -0.1) is 0 Å². The van der Waals surface area contributed by atoms with E-state index in [0.29, 0.717) is 25.2 Å². The minimum atomic E-state index is 0.0594. The van der Waals surface area contributed by atoms with Crippen molar-refractivity contribution in [3.63, 3.8) is 0 Å². The van der Waals surface area contributed by atoms with Crippen molar-refractivity contribution in [2.75, 3.05) is 19.7 Å². The third-order valence-corrected chi connectivity index (χ3v) is 2.31. The van der Waals surface area contributed by atoms with Crippen LogP contribution in [0.4, 0.5) is 0 Å². The quantitative estimate of drug-likeness (QED) is 0.633. The van der Waals surface area contributed by atoms with E-state index in [4.69, 9.17) is 5.11 Å². The first kappa shape index (κ1) is 11.5. The molecule has 4 nitrogen and oxygen atoms in total. The van der Waals surface area contributed by atoms with Gasteiger partial charge in [-0.2, -0.15) is 0 Å². The van der Waals surface area contributed by atoms with Gasteiger partial charge in [0.1, 0.15) is 0 Å². The SMILES string of the molecule is CC(C)NCC(=O)N(CCO)C1CC1. The van der Waals surface area contributed by atoms with Crippen LogP contribution in [0.25, 0.3) is 0 Å². The van der Waals surface area contributed by atoms with Crippen molar-refractivity contribution in [2.24, 2.45) is 0 Å². The highest BCUT2D eigenvalue weighted by molar-refractivity contribution is 5.79. The number of amides is 1. The largest absolute Gasteiger partial charge is 0.395 e. The molecule has 1 aliphatic carbocycles. The van der Waals surface area contributed by atoms with Crippen LogP contribution in [-0.2, 0) is 4.79 Å². The maximum atomic E-state index is 11.7. The van der Waals surface area contributed by atoms with Crippen molar-refractivity contribution in [3.8, 4) is 0 Å². The number of rotatable bonds is 6. The van der Waals surface area contributed by atoms with Gasteiger partial charge in [0.2, 0.25) is 5.91 Å². The van der Waals surface area contributed by atoms with E-state index in [1.807, 2.05) is 13.8 Å². The summed E-state index contributed by atoms with van der Waals surface area (Å²) in [7, 11) is 0. The molecule has 0 radical (unpaired) electrons. The normalized spacial score (nSPS) is 16.0. The predicted molar refractivity (Wildman–Crippen MR) is 55.0 cm³/mol. The lowest BCUT2D eigenvalue weighted by atomic mass is 10.3. The third-order valence-electron chi connectivity index (χ3n) is 2.31. The van der Waals surface area contributed by atoms with Crippen molar-refractivity contribution in [3.05, 3.63) is 0 Å². The standard InChI is InChI=1S/C10H20N2O2/c1-8(2)11-7-10(14)12(5-6-13)9-3-4-9/h8-9,11,13H,3-7H2,1-2H3. The van der Waals surface area contributed by atoms with Gasteiger partial charge in [-0.05, 0) is 12.8 Å². The summed E-state index contributed by atoms with van der Waals surface area (Å²) in [6, 6.07) is 0.720. The molecule has 1 amide bonds. The van der Waals surface area contributed by atoms with Crippen LogP contribution in [0, 0.1) is 0 Å². The van der Waals surface area contributed by atoms with Gasteiger partial charge in [-0.3, -0.25) is 4.79 Å². The van der Waals surface area contributed by atoms with Gasteiger partial charge in [-0.1, -0.05) is 13.8 Å². The highest BCUT2D eigenvalue weighted by atomic mass is 16.3. The molecule has 0 unspecified atom stereocenters. The van der Waals surface area contributed by atoms with Crippen molar-refractivity contribution in [1.82, 2.24) is 10.2 Å². The molecule has 14 heavy (non-hydrogen) atoms. The summed E-state index contributed by atoms with van der Waals surface area (Å²) in [5.41, 5.74) is 0. The van der Waals surface area contributed by atoms with E-state index in [9.17, 15) is 4.79 Å². The number of hydrogen-bond donors (Lipinski definition) is 2. The van der Waals surface area contributed by atoms with Gasteiger partial charge in [-0.25, -0.2) is 0 Å². The van der Waals surface area contributed by atoms with E-state index in [2.05, 4.69) is 5.32 Å². The number of nitrogens with one attached hydrogen (secondary N) is 1. The van der Waals surface area contributed by atoms with E-state index in [0.717, 1.165) is 12.8 Å². The fourth-order valence-electron chi connectivity index (χ4n) is 1.40. The lowest BCUT2D eigenvalue weighted by Crippen LogP contribution is -2.42. The smallest absolute Gasteiger partial charge is 0.236 e. The Hall–Kier alpha value is -0.610. The lowest BCUT2D eigenvalue weighted by Gasteiger charge is -2.22. The van der Waals surface area contributed by atoms with Crippen LogP contribution in [0.15, 0.2) is 0 Å². The first-order chi connectivity index (χ1) is 6.65. The Labute approximate surface area is 85.3 Å². The van der Waals surface area contributed by atoms with Crippen LogP contribution in [0.3, 0.4) is 0 Å². The van der Waals surface area contributed by atoms with E-state index in [1.165, 1.54) is 0 Å². The van der Waals surface area contributed by atoms with E-state index < -0.39 is 0 Å². The molecule has 0 aromatic carbocycles. The fraction of sp³-hybridized carbons (Fsp3) is 0.900. The van der Waals surface area contributed by atoms with Crippen LogP contribution >= 0.6 is 0 Å². The summed E-state index contributed by atoms with van der Waals surface area (Å²) < 4.78 is 0. The highest BCUT2D eigenvalue weighted by Gasteiger charge is 2.31. The first-order valence-corrected chi connectivity index (χ1v) is 5.29. The van der Waals surface area contributed by atoms with Crippen molar-refractivity contribution >= 4 is 5.91 Å². The summed E-state index contributed by atoms with van der Waals surface area (Å²) in [4.78, 5) is 13.5. The van der Waals surface area contributed by atoms with Gasteiger partial charge in [0, 0.05) is 18.6 Å². The maximum absolute atomic E-state index is 11.7. The number of carbonyl (C=O) groups is 1. The van der Waals surface area contributed by atoms with Gasteiger partial charge in [0.25, 0.3) is 0 Å². The van der Waals surface area contributed by atoms with Gasteiger partial charge >= 0.3 is 0 Å². The molecule has 1 aliphatic rings. The monoisotopic (exact) mass is 200 g/mol. The summed E-state index contributed by atoms with van der Waals surface area (Å²) in [5.74, 6) is 0.107. The summed E-state index contributed by atoms with van der Waals surface area (Å²) in [6.45, 7) is 4.95. The Morgan fingerprint density at radius 3 is 2.64 bits per heavy atom. The summed E-state index contributed by atoms with van der Waals surface area (Å²) in [6.07, 6.45) is 2.18. The zero-order valence-corrected chi connectivity index (χ0v) is 8.99. The molecule has 0 aromatic heterocycles. The number of nitrogens with zero attached hydrogens (tertiary/aromatic N) is 1. The van der Waals surface area contributed by atoms with Gasteiger partial charge in [0.15, 0.2) is 0 Å². The Morgan fingerprint density at radius 2 is 2.21 bits per heavy atom. The van der Waals surface area contributed by atoms with E-state index in [1.54, 1.807) is 4.90 Å². The van der Waals surface area contributed by atoms with Crippen molar-refractivity contribution < 1.29 is 9.90 Å². The molecule has 1 saturated carbocycles. The lowest BCUT2D eigenvalue weighted by molar-refractivity contribution is -0.131. The molecule has 4 heteroatoms. The molecule has 0 saturated heterocycles. The second-order valence-electron chi connectivity index (χ2n) is 4.08. The Balaban J connectivity index is 2.30. The molecule has 0 aromatic rings. The van der Waals surface area contributed by atoms with Crippen LogP contribution in [0.1, 0.15) is 26.7 Å². The molecular formula is C10H20N2O2. The molecule has 0 bridgehead atoms. The molecule has 0 atom stereocenters. The number of aliphatic hydroxyl groups excluding tert-OH is 1. The number of carbonyl (C=O) groups excluding carboxylic acids is 1. The maximum Gasteiger partial charge on any atom is 0.236 e. The first-order valence-electron chi connectivity index (χ1n) is 5.29. The third kappa shape index (κ3) is 3.64. The van der Waals surface area contributed by atoms with Crippen LogP contribution in [0.5, 0.6) is 0 Å². The molecule has 0 aliphatic heterocycles. The van der Waals surface area contributed by atoms with E-state index >= 15 is 0 Å². The second-order valence-corrected chi connectivity index (χ2v) is 4.08. The van der Waals surface area contributed by atoms with Crippen molar-refractivity contribution in [1.29, 1.82) is 0 Å². The fourth-order valence-corrected chi connectivity index (χ4v) is 1.40. The minimum Gasteiger partial charge on any atom is -0.395 e. The number of aliphatic hydroxyl groups is 1. The Kier molecular flexibility index (Phi) is 4.35. The average molecular weight is 200 g/mol. The number of hydrogen-bond acceptors (Lipinski definition) is 3. The highest BCUT2D eigenvalue weighted by Crippen LogP contribution is 2.26. The molecule has 1 fully saturated rings.